The third-order valence-electron chi connectivity index (χ3n) is 3.09. The molecule has 0 heterocycles. The van der Waals surface area contributed by atoms with Crippen molar-refractivity contribution in [1.82, 2.24) is 0 Å². The molecule has 0 bridgehead atoms. The van der Waals surface area contributed by atoms with Crippen LogP contribution in [0, 0.1) is 5.41 Å². The van der Waals surface area contributed by atoms with Crippen LogP contribution >= 0.6 is 11.8 Å². The molecule has 0 unspecified atom stereocenters. The molecule has 104 valence electrons. The third kappa shape index (κ3) is 5.76. The van der Waals surface area contributed by atoms with Crippen molar-refractivity contribution in [3.63, 3.8) is 0 Å². The minimum Gasteiger partial charge on any atom is -0.469 e. The molecule has 0 aromatic carbocycles. The van der Waals surface area contributed by atoms with Gasteiger partial charge in [0.1, 0.15) is 0 Å². The van der Waals surface area contributed by atoms with Gasteiger partial charge in [0, 0.05) is 5.75 Å². The van der Waals surface area contributed by atoms with E-state index in [4.69, 9.17) is 4.74 Å². The van der Waals surface area contributed by atoms with E-state index in [-0.39, 0.29) is 17.4 Å². The fourth-order valence-electron chi connectivity index (χ4n) is 1.65. The average molecular weight is 274 g/mol. The molecule has 0 amide bonds. The van der Waals surface area contributed by atoms with Crippen molar-refractivity contribution in [2.75, 3.05) is 25.2 Å². The van der Waals surface area contributed by atoms with Gasteiger partial charge in [-0.3, -0.25) is 9.59 Å². The Hall–Kier alpha value is -0.710. The van der Waals surface area contributed by atoms with E-state index < -0.39 is 0 Å². The van der Waals surface area contributed by atoms with Crippen LogP contribution in [0.4, 0.5) is 0 Å². The first-order valence-corrected chi connectivity index (χ1v) is 7.57. The number of thioether (sulfide) groups is 1. The van der Waals surface area contributed by atoms with Crippen molar-refractivity contribution < 1.29 is 19.1 Å². The summed E-state index contributed by atoms with van der Waals surface area (Å²) in [6.45, 7) is 2.58. The Morgan fingerprint density at radius 1 is 1.28 bits per heavy atom. The normalized spacial score (nSPS) is 16.1. The summed E-state index contributed by atoms with van der Waals surface area (Å²) in [6, 6.07) is 0. The summed E-state index contributed by atoms with van der Waals surface area (Å²) in [7, 11) is 1.41. The minimum absolute atomic E-state index is 0.0848. The van der Waals surface area contributed by atoms with Crippen molar-refractivity contribution in [1.29, 1.82) is 0 Å². The maximum absolute atomic E-state index is 11.4. The van der Waals surface area contributed by atoms with Gasteiger partial charge in [-0.1, -0.05) is 13.3 Å². The van der Waals surface area contributed by atoms with E-state index in [2.05, 4.69) is 11.7 Å². The van der Waals surface area contributed by atoms with Gasteiger partial charge in [-0.25, -0.2) is 0 Å². The molecule has 0 saturated heterocycles. The third-order valence-corrected chi connectivity index (χ3v) is 4.35. The predicted molar refractivity (Wildman–Crippen MR) is 71.5 cm³/mol. The second-order valence-corrected chi connectivity index (χ2v) is 5.81. The van der Waals surface area contributed by atoms with Crippen LogP contribution in [0.1, 0.15) is 39.0 Å². The van der Waals surface area contributed by atoms with Crippen molar-refractivity contribution >= 4 is 23.7 Å². The molecule has 5 heteroatoms. The van der Waals surface area contributed by atoms with E-state index in [9.17, 15) is 9.59 Å². The second kappa shape index (κ2) is 7.67. The van der Waals surface area contributed by atoms with Crippen molar-refractivity contribution in [2.45, 2.75) is 39.0 Å². The molecule has 0 N–H and O–H groups in total. The van der Waals surface area contributed by atoms with Gasteiger partial charge in [0.25, 0.3) is 0 Å². The lowest BCUT2D eigenvalue weighted by Crippen LogP contribution is -2.15. The summed E-state index contributed by atoms with van der Waals surface area (Å²) in [5.74, 6) is 0.915. The summed E-state index contributed by atoms with van der Waals surface area (Å²) in [6.07, 6.45) is 4.53. The Morgan fingerprint density at radius 3 is 2.56 bits per heavy atom. The van der Waals surface area contributed by atoms with Crippen LogP contribution in [-0.2, 0) is 19.1 Å². The van der Waals surface area contributed by atoms with E-state index in [0.29, 0.717) is 18.8 Å². The summed E-state index contributed by atoms with van der Waals surface area (Å²) in [5.41, 5.74) is 0.0848. The smallest absolute Gasteiger partial charge is 0.315 e. The van der Waals surface area contributed by atoms with Gasteiger partial charge in [0.05, 0.1) is 25.9 Å². The zero-order chi connectivity index (χ0) is 13.4. The maximum atomic E-state index is 11.4. The standard InChI is InChI=1S/C13H22O4S/c1-3-4-7-17-12(15)9-18-10-13(5-6-13)8-11(14)16-2/h3-10H2,1-2H3. The van der Waals surface area contributed by atoms with E-state index in [1.165, 1.54) is 7.11 Å². The molecule has 1 fully saturated rings. The number of unbranched alkanes of at least 4 members (excludes halogenated alkanes) is 1. The van der Waals surface area contributed by atoms with Gasteiger partial charge in [-0.2, -0.15) is 0 Å². The van der Waals surface area contributed by atoms with Crippen LogP contribution in [0.3, 0.4) is 0 Å². The number of hydrogen-bond acceptors (Lipinski definition) is 5. The Balaban J connectivity index is 2.10. The summed E-state index contributed by atoms with van der Waals surface area (Å²) in [5, 5.41) is 0. The van der Waals surface area contributed by atoms with Crippen LogP contribution in [0.2, 0.25) is 0 Å². The molecule has 1 saturated carbocycles. The SMILES string of the molecule is CCCCOC(=O)CSCC1(CC(=O)OC)CC1. The highest BCUT2D eigenvalue weighted by Crippen LogP contribution is 2.51. The number of hydrogen-bond donors (Lipinski definition) is 0. The predicted octanol–water partition coefficient (Wildman–Crippen LogP) is 2.41. The Kier molecular flexibility index (Phi) is 6.54. The summed E-state index contributed by atoms with van der Waals surface area (Å²) < 4.78 is 9.75. The van der Waals surface area contributed by atoms with Crippen LogP contribution in [-0.4, -0.2) is 37.2 Å². The van der Waals surface area contributed by atoms with Crippen molar-refractivity contribution in [2.24, 2.45) is 5.41 Å². The molecule has 0 aromatic rings. The van der Waals surface area contributed by atoms with Crippen molar-refractivity contribution in [3.8, 4) is 0 Å². The quantitative estimate of drug-likeness (QED) is 0.477. The van der Waals surface area contributed by atoms with Crippen LogP contribution in [0.25, 0.3) is 0 Å². The molecule has 1 aliphatic carbocycles. The van der Waals surface area contributed by atoms with Gasteiger partial charge in [-0.05, 0) is 24.7 Å². The van der Waals surface area contributed by atoms with E-state index in [1.54, 1.807) is 11.8 Å². The molecule has 4 nitrogen and oxygen atoms in total. The monoisotopic (exact) mass is 274 g/mol. The number of carbonyl (C=O) groups is 2. The topological polar surface area (TPSA) is 52.6 Å². The molecule has 0 atom stereocenters. The zero-order valence-corrected chi connectivity index (χ0v) is 12.0. The van der Waals surface area contributed by atoms with Gasteiger partial charge in [-0.15, -0.1) is 11.8 Å². The fourth-order valence-corrected chi connectivity index (χ4v) is 2.83. The van der Waals surface area contributed by atoms with E-state index in [1.807, 2.05) is 0 Å². The largest absolute Gasteiger partial charge is 0.469 e. The van der Waals surface area contributed by atoms with E-state index in [0.717, 1.165) is 31.4 Å². The first-order chi connectivity index (χ1) is 8.62. The van der Waals surface area contributed by atoms with Crippen molar-refractivity contribution in [3.05, 3.63) is 0 Å². The highest BCUT2D eigenvalue weighted by atomic mass is 32.2. The lowest BCUT2D eigenvalue weighted by molar-refractivity contribution is -0.142. The Bertz CT molecular complexity index is 287. The minimum atomic E-state index is -0.154. The van der Waals surface area contributed by atoms with Gasteiger partial charge in [0.15, 0.2) is 0 Å². The maximum Gasteiger partial charge on any atom is 0.315 e. The summed E-state index contributed by atoms with van der Waals surface area (Å²) in [4.78, 5) is 22.6. The highest BCUT2D eigenvalue weighted by molar-refractivity contribution is 7.99. The highest BCUT2D eigenvalue weighted by Gasteiger charge is 2.44. The summed E-state index contributed by atoms with van der Waals surface area (Å²) >= 11 is 1.56. The molecule has 18 heavy (non-hydrogen) atoms. The molecule has 1 rings (SSSR count). The molecule has 0 spiro atoms. The fraction of sp³-hybridized carbons (Fsp3) is 0.846. The number of ether oxygens (including phenoxy) is 2. The molecule has 1 aliphatic rings. The molecule has 0 aromatic heterocycles. The number of methoxy groups -OCH3 is 1. The Morgan fingerprint density at radius 2 is 2.00 bits per heavy atom. The van der Waals surface area contributed by atoms with Gasteiger partial charge < -0.3 is 9.47 Å². The number of carbonyl (C=O) groups excluding carboxylic acids is 2. The molecule has 0 aliphatic heterocycles. The second-order valence-electron chi connectivity index (χ2n) is 4.82. The van der Waals surface area contributed by atoms with Crippen LogP contribution in [0.15, 0.2) is 0 Å². The first kappa shape index (κ1) is 15.3. The zero-order valence-electron chi connectivity index (χ0n) is 11.2. The van der Waals surface area contributed by atoms with Crippen LogP contribution in [0.5, 0.6) is 0 Å². The van der Waals surface area contributed by atoms with Gasteiger partial charge in [0.2, 0.25) is 0 Å². The van der Waals surface area contributed by atoms with E-state index >= 15 is 0 Å². The molecular formula is C13H22O4S. The van der Waals surface area contributed by atoms with Gasteiger partial charge >= 0.3 is 11.9 Å². The Labute approximate surface area is 113 Å². The molecular weight excluding hydrogens is 252 g/mol. The average Bonchev–Trinajstić information content (AvgIpc) is 3.09. The number of rotatable bonds is 9. The number of esters is 2. The van der Waals surface area contributed by atoms with Crippen LogP contribution < -0.4 is 0 Å². The molecule has 0 radical (unpaired) electrons. The lowest BCUT2D eigenvalue weighted by atomic mass is 10.1. The lowest BCUT2D eigenvalue weighted by Gasteiger charge is -2.12. The first-order valence-electron chi connectivity index (χ1n) is 6.42.